The van der Waals surface area contributed by atoms with Crippen molar-refractivity contribution in [3.63, 3.8) is 0 Å². The van der Waals surface area contributed by atoms with Gasteiger partial charge in [0, 0.05) is 0 Å². The van der Waals surface area contributed by atoms with Crippen LogP contribution in [-0.2, 0) is 42.6 Å². The van der Waals surface area contributed by atoms with Crippen molar-refractivity contribution in [2.45, 2.75) is 163 Å². The van der Waals surface area contributed by atoms with Crippen molar-refractivity contribution < 1.29 is 14.3 Å². The van der Waals surface area contributed by atoms with E-state index < -0.39 is 14.1 Å². The lowest BCUT2D eigenvalue weighted by Gasteiger charge is -2.50. The zero-order valence-corrected chi connectivity index (χ0v) is 33.6. The van der Waals surface area contributed by atoms with Crippen LogP contribution >= 0.6 is 8.60 Å². The summed E-state index contributed by atoms with van der Waals surface area (Å²) in [6, 6.07) is 9.67. The van der Waals surface area contributed by atoms with Gasteiger partial charge in [-0.25, -0.2) is 0 Å². The van der Waals surface area contributed by atoms with Crippen molar-refractivity contribution >= 4 is 8.60 Å². The Morgan fingerprint density at radius 2 is 0.733 bits per heavy atom. The molecule has 0 spiro atoms. The van der Waals surface area contributed by atoms with Crippen LogP contribution in [0.4, 0.5) is 0 Å². The molecule has 2 rings (SSSR count). The molecule has 5 heteroatoms. The highest BCUT2D eigenvalue weighted by Gasteiger charge is 2.49. The zero-order chi connectivity index (χ0) is 35.5. The summed E-state index contributed by atoms with van der Waals surface area (Å²) in [4.78, 5) is 23.1. The van der Waals surface area contributed by atoms with Crippen molar-refractivity contribution in [3.05, 3.63) is 68.8 Å². The summed E-state index contributed by atoms with van der Waals surface area (Å²) in [7, 11) is 1.67. The van der Waals surface area contributed by atoms with Gasteiger partial charge in [-0.3, -0.25) is 4.90 Å². The quantitative estimate of drug-likeness (QED) is 0.308. The van der Waals surface area contributed by atoms with Crippen LogP contribution in [0.5, 0.6) is 0 Å². The van der Waals surface area contributed by atoms with Crippen LogP contribution in [0.1, 0.15) is 169 Å². The fourth-order valence-electron chi connectivity index (χ4n) is 6.40. The van der Waals surface area contributed by atoms with Crippen LogP contribution in [-0.4, -0.2) is 35.4 Å². The third kappa shape index (κ3) is 8.60. The van der Waals surface area contributed by atoms with Crippen LogP contribution in [0.15, 0.2) is 24.3 Å². The monoisotopic (exact) mass is 641 g/mol. The summed E-state index contributed by atoms with van der Waals surface area (Å²) in [5.41, 5.74) is 8.25. The first-order valence-corrected chi connectivity index (χ1v) is 17.8. The normalized spacial score (nSPS) is 14.6. The first-order chi connectivity index (χ1) is 19.8. The fraction of sp³-hybridized carbons (Fsp3) is 0.700. The van der Waals surface area contributed by atoms with Gasteiger partial charge in [0.15, 0.2) is 0 Å². The third-order valence-electron chi connectivity index (χ3n) is 9.22. The molecular weight excluding hydrogens is 573 g/mol. The van der Waals surface area contributed by atoms with E-state index in [-0.39, 0.29) is 39.1 Å². The van der Waals surface area contributed by atoms with Gasteiger partial charge < -0.3 is 14.3 Å². The van der Waals surface area contributed by atoms with E-state index in [4.69, 9.17) is 4.52 Å². The summed E-state index contributed by atoms with van der Waals surface area (Å²) < 4.78 is 6.08. The molecule has 0 unspecified atom stereocenters. The Bertz CT molecular complexity index is 1180. The molecule has 2 N–H and O–H groups in total. The van der Waals surface area contributed by atoms with Crippen molar-refractivity contribution in [1.29, 1.82) is 0 Å². The van der Waals surface area contributed by atoms with E-state index >= 15 is 0 Å². The zero-order valence-electron chi connectivity index (χ0n) is 32.7. The highest BCUT2D eigenvalue weighted by atomic mass is 31.2. The van der Waals surface area contributed by atoms with Gasteiger partial charge in [0.2, 0.25) is 0 Å². The van der Waals surface area contributed by atoms with Crippen LogP contribution in [0.25, 0.3) is 0 Å². The van der Waals surface area contributed by atoms with Crippen molar-refractivity contribution in [1.82, 2.24) is 4.90 Å². The number of hydrogen-bond donors (Lipinski definition) is 2. The lowest BCUT2D eigenvalue weighted by atomic mass is 9.61. The molecule has 0 aliphatic rings. The predicted octanol–water partition coefficient (Wildman–Crippen LogP) is 10.5. The minimum absolute atomic E-state index is 0.0537. The summed E-state index contributed by atoms with van der Waals surface area (Å²) in [5, 5.41) is 0. The van der Waals surface area contributed by atoms with E-state index in [0.717, 1.165) is 0 Å². The van der Waals surface area contributed by atoms with Gasteiger partial charge in [0.25, 0.3) is 0 Å². The second kappa shape index (κ2) is 12.6. The Kier molecular flexibility index (Phi) is 11.2. The maximum Gasteiger partial charge on any atom is 0.327 e. The summed E-state index contributed by atoms with van der Waals surface area (Å²) in [5.74, 6) is 0. The second-order valence-electron chi connectivity index (χ2n) is 19.7. The second-order valence-corrected chi connectivity index (χ2v) is 20.4. The van der Waals surface area contributed by atoms with Crippen LogP contribution in [0, 0.1) is 0 Å². The largest absolute Gasteiger partial charge is 0.328 e. The molecule has 0 bridgehead atoms. The Morgan fingerprint density at radius 3 is 0.889 bits per heavy atom. The van der Waals surface area contributed by atoms with Crippen molar-refractivity contribution in [2.24, 2.45) is 0 Å². The van der Waals surface area contributed by atoms with Crippen LogP contribution in [0.3, 0.4) is 0 Å². The van der Waals surface area contributed by atoms with Gasteiger partial charge in [-0.1, -0.05) is 149 Å². The van der Waals surface area contributed by atoms with E-state index in [1.807, 2.05) is 0 Å². The highest BCUT2D eigenvalue weighted by molar-refractivity contribution is 7.39. The molecule has 0 saturated heterocycles. The highest BCUT2D eigenvalue weighted by Crippen LogP contribution is 2.53. The standard InChI is InChI=1S/C40H68NO3P/c1-34(2,3)26-21-28(36(7,8)9)32(29(22-26)37(10,11)12)40(41(19)20,25-44-45(42)43)33-30(38(13,14)15)23-27(35(4,5)6)24-31(33)39(16,17)18/h21-24,42-43H,25H2,1-20H3. The molecule has 2 aromatic rings. The summed E-state index contributed by atoms with van der Waals surface area (Å²) >= 11 is 0. The van der Waals surface area contributed by atoms with Crippen LogP contribution in [0.2, 0.25) is 0 Å². The Morgan fingerprint density at radius 1 is 0.489 bits per heavy atom. The van der Waals surface area contributed by atoms with E-state index in [2.05, 4.69) is 168 Å². The number of nitrogens with zero attached hydrogens (tertiary/aromatic N) is 1. The van der Waals surface area contributed by atoms with E-state index in [9.17, 15) is 9.79 Å². The van der Waals surface area contributed by atoms with Crippen molar-refractivity contribution in [3.8, 4) is 0 Å². The number of likely N-dealkylation sites (N-methyl/N-ethyl adjacent to an activating group) is 1. The molecule has 0 aromatic heterocycles. The number of rotatable bonds is 6. The molecule has 2 aromatic carbocycles. The molecule has 0 saturated carbocycles. The molecule has 256 valence electrons. The first-order valence-electron chi connectivity index (χ1n) is 16.7. The average molecular weight is 642 g/mol. The SMILES string of the molecule is CN(C)C(COP(O)O)(c1c(C(C)(C)C)cc(C(C)(C)C)cc1C(C)(C)C)c1c(C(C)(C)C)cc(C(C)(C)C)cc1C(C)(C)C. The van der Waals surface area contributed by atoms with Gasteiger partial charge in [0.05, 0.1) is 12.1 Å². The lowest BCUT2D eigenvalue weighted by molar-refractivity contribution is 0.0987. The fourth-order valence-corrected chi connectivity index (χ4v) is 6.71. The van der Waals surface area contributed by atoms with Gasteiger partial charge >= 0.3 is 8.60 Å². The molecule has 0 atom stereocenters. The molecule has 0 aliphatic heterocycles. The lowest BCUT2D eigenvalue weighted by Crippen LogP contribution is -2.51. The number of hydrogen-bond acceptors (Lipinski definition) is 4. The topological polar surface area (TPSA) is 52.9 Å². The van der Waals surface area contributed by atoms with E-state index in [1.54, 1.807) is 0 Å². The van der Waals surface area contributed by atoms with Crippen molar-refractivity contribution in [2.75, 3.05) is 20.7 Å². The van der Waals surface area contributed by atoms with Gasteiger partial charge in [-0.05, 0) is 91.1 Å². The third-order valence-corrected chi connectivity index (χ3v) is 9.58. The minimum atomic E-state index is -2.60. The molecule has 4 nitrogen and oxygen atoms in total. The Balaban J connectivity index is 3.63. The first kappa shape index (κ1) is 39.9. The van der Waals surface area contributed by atoms with Gasteiger partial charge in [-0.15, -0.1) is 0 Å². The van der Waals surface area contributed by atoms with Crippen LogP contribution < -0.4 is 0 Å². The molecular formula is C40H68NO3P. The van der Waals surface area contributed by atoms with Gasteiger partial charge in [-0.2, -0.15) is 0 Å². The molecule has 0 fully saturated rings. The summed E-state index contributed by atoms with van der Waals surface area (Å²) in [6.45, 7) is 41.4. The minimum Gasteiger partial charge on any atom is -0.328 e. The predicted molar refractivity (Wildman–Crippen MR) is 197 cm³/mol. The summed E-state index contributed by atoms with van der Waals surface area (Å²) in [6.07, 6.45) is 0. The van der Waals surface area contributed by atoms with Gasteiger partial charge in [0.1, 0.15) is 0 Å². The molecule has 0 radical (unpaired) electrons. The van der Waals surface area contributed by atoms with E-state index in [0.29, 0.717) is 0 Å². The van der Waals surface area contributed by atoms with E-state index in [1.165, 1.54) is 44.5 Å². The maximum atomic E-state index is 10.4. The Labute approximate surface area is 279 Å². The average Bonchev–Trinajstić information content (AvgIpc) is 2.79. The Hall–Kier alpha value is -1.29. The molecule has 0 heterocycles. The molecule has 0 amide bonds. The molecule has 0 aliphatic carbocycles. The molecule has 45 heavy (non-hydrogen) atoms. The maximum absolute atomic E-state index is 10.4. The number of benzene rings is 2. The smallest absolute Gasteiger partial charge is 0.327 e.